The fraction of sp³-hybridized carbons (Fsp3) is 0.977. The molecule has 0 amide bonds. The Morgan fingerprint density at radius 2 is 1.42 bits per heavy atom. The van der Waals surface area contributed by atoms with E-state index >= 15 is 0 Å². The number of ether oxygens (including phenoxy) is 6. The van der Waals surface area contributed by atoms with Crippen LogP contribution in [0.25, 0.3) is 0 Å². The second-order valence-electron chi connectivity index (χ2n) is 19.6. The summed E-state index contributed by atoms with van der Waals surface area (Å²) in [5.74, 6) is -5.24. The first-order valence-electron chi connectivity index (χ1n) is 22.5. The van der Waals surface area contributed by atoms with Gasteiger partial charge in [-0.3, -0.25) is 4.79 Å². The number of carboxylic acid groups (broad SMARTS) is 1. The molecule has 6 fully saturated rings. The molecule has 6 N–H and O–H groups in total. The van der Waals surface area contributed by atoms with Crippen molar-refractivity contribution in [3.8, 4) is 0 Å². The van der Waals surface area contributed by atoms with Crippen molar-refractivity contribution in [3.63, 3.8) is 0 Å². The van der Waals surface area contributed by atoms with Crippen molar-refractivity contribution in [1.82, 2.24) is 0 Å². The van der Waals surface area contributed by atoms with E-state index < -0.39 is 54.0 Å². The van der Waals surface area contributed by atoms with Gasteiger partial charge in [-0.05, 0) is 102 Å². The number of aliphatic hydroxyl groups is 5. The van der Waals surface area contributed by atoms with E-state index in [2.05, 4.69) is 13.8 Å². The normalized spacial score (nSPS) is 49.3. The van der Waals surface area contributed by atoms with E-state index in [1.165, 1.54) is 0 Å². The minimum absolute atomic E-state index is 0.0942. The summed E-state index contributed by atoms with van der Waals surface area (Å²) in [6.07, 6.45) is 2.28. The van der Waals surface area contributed by atoms with Crippen molar-refractivity contribution in [3.05, 3.63) is 0 Å². The van der Waals surface area contributed by atoms with Crippen molar-refractivity contribution in [1.29, 1.82) is 0 Å². The Morgan fingerprint density at radius 3 is 2.12 bits per heavy atom. The van der Waals surface area contributed by atoms with Gasteiger partial charge in [-0.25, -0.2) is 0 Å². The van der Waals surface area contributed by atoms with Gasteiger partial charge >= 0.3 is 5.97 Å². The lowest BCUT2D eigenvalue weighted by atomic mass is 9.77. The molecule has 330 valence electrons. The largest absolute Gasteiger partial charge is 0.481 e. The van der Waals surface area contributed by atoms with Crippen LogP contribution in [0.15, 0.2) is 0 Å². The predicted octanol–water partition coefficient (Wildman–Crippen LogP) is 4.94. The lowest BCUT2D eigenvalue weighted by molar-refractivity contribution is -0.351. The molecule has 0 aromatic rings. The van der Waals surface area contributed by atoms with Crippen LogP contribution in [0.4, 0.5) is 0 Å². The molecule has 0 spiro atoms. The Labute approximate surface area is 340 Å². The van der Waals surface area contributed by atoms with E-state index in [1.807, 2.05) is 34.6 Å². The number of carboxylic acids is 1. The third-order valence-electron chi connectivity index (χ3n) is 15.5. The van der Waals surface area contributed by atoms with Gasteiger partial charge in [0.25, 0.3) is 0 Å². The molecule has 0 radical (unpaired) electrons. The van der Waals surface area contributed by atoms with Crippen molar-refractivity contribution >= 4 is 5.97 Å². The number of rotatable bonds is 13. The molecular formula is C44H76O13. The molecule has 0 aliphatic carbocycles. The van der Waals surface area contributed by atoms with Gasteiger partial charge in [-0.1, -0.05) is 48.5 Å². The standard InChI is InChI=1S/C44H76O13/c1-9-32-30(45)13-15-34(53-32)38-19-26(6)43(50,57-38)39-17-16-35(55-39)41(47)44(51)25(5)18-24(4)37(56-44)21-36-22(2)11-14-33(54-36)27(7)31(46)20-29-12-10-23(3)40(52-29)28(8)42(48)49/h22-41,45-47,50-51H,9-21H2,1-8H3,(H,48,49)/t22-,23-,24-,25+,26+,27-,28+,29+,30+,31+,32-,33+,34+,35-,36+,37+,38-,39-,40-,41+,43+,44+/m0/s1. The molecule has 6 aliphatic rings. The Balaban J connectivity index is 1.04. The molecule has 0 aromatic heterocycles. The summed E-state index contributed by atoms with van der Waals surface area (Å²) in [4.78, 5) is 11.7. The molecule has 13 heteroatoms. The van der Waals surface area contributed by atoms with E-state index in [-0.39, 0.29) is 84.3 Å². The second kappa shape index (κ2) is 18.6. The number of hydrogen-bond acceptors (Lipinski definition) is 12. The van der Waals surface area contributed by atoms with E-state index in [9.17, 15) is 35.4 Å². The van der Waals surface area contributed by atoms with E-state index in [4.69, 9.17) is 28.4 Å². The zero-order valence-electron chi connectivity index (χ0n) is 35.8. The van der Waals surface area contributed by atoms with Gasteiger partial charge in [0.1, 0.15) is 12.2 Å². The minimum atomic E-state index is -1.87. The molecule has 6 aliphatic heterocycles. The van der Waals surface area contributed by atoms with E-state index in [0.29, 0.717) is 57.8 Å². The molecule has 6 heterocycles. The van der Waals surface area contributed by atoms with Gasteiger partial charge in [0.15, 0.2) is 11.6 Å². The molecule has 57 heavy (non-hydrogen) atoms. The Hall–Kier alpha value is -0.970. The first-order valence-corrected chi connectivity index (χ1v) is 22.5. The summed E-state index contributed by atoms with van der Waals surface area (Å²) in [5.41, 5.74) is 0. The maximum atomic E-state index is 12.2. The summed E-state index contributed by atoms with van der Waals surface area (Å²) in [5, 5.41) is 67.2. The van der Waals surface area contributed by atoms with Crippen LogP contribution in [-0.2, 0) is 33.2 Å². The van der Waals surface area contributed by atoms with Gasteiger partial charge in [0, 0.05) is 24.2 Å². The predicted molar refractivity (Wildman–Crippen MR) is 210 cm³/mol. The molecule has 0 aromatic carbocycles. The Kier molecular flexibility index (Phi) is 14.8. The van der Waals surface area contributed by atoms with Crippen LogP contribution in [0.3, 0.4) is 0 Å². The third kappa shape index (κ3) is 9.59. The van der Waals surface area contributed by atoms with Crippen LogP contribution in [0.2, 0.25) is 0 Å². The highest BCUT2D eigenvalue weighted by Crippen LogP contribution is 2.48. The highest BCUT2D eigenvalue weighted by molar-refractivity contribution is 5.70. The van der Waals surface area contributed by atoms with Gasteiger partial charge in [0.2, 0.25) is 0 Å². The number of aliphatic carboxylic acids is 1. The van der Waals surface area contributed by atoms with Crippen LogP contribution in [0, 0.1) is 41.4 Å². The summed E-state index contributed by atoms with van der Waals surface area (Å²) in [6.45, 7) is 15.8. The van der Waals surface area contributed by atoms with Crippen LogP contribution in [-0.4, -0.2) is 128 Å². The monoisotopic (exact) mass is 813 g/mol. The summed E-state index contributed by atoms with van der Waals surface area (Å²) >= 11 is 0. The van der Waals surface area contributed by atoms with Crippen LogP contribution < -0.4 is 0 Å². The van der Waals surface area contributed by atoms with Gasteiger partial charge in [-0.2, -0.15) is 0 Å². The quantitative estimate of drug-likeness (QED) is 0.147. The maximum Gasteiger partial charge on any atom is 0.308 e. The molecule has 6 rings (SSSR count). The van der Waals surface area contributed by atoms with Gasteiger partial charge < -0.3 is 59.1 Å². The molecular weight excluding hydrogens is 736 g/mol. The summed E-state index contributed by atoms with van der Waals surface area (Å²) in [6, 6.07) is 0. The number of carbonyl (C=O) groups is 1. The third-order valence-corrected chi connectivity index (χ3v) is 15.5. The summed E-state index contributed by atoms with van der Waals surface area (Å²) in [7, 11) is 0. The van der Waals surface area contributed by atoms with Crippen molar-refractivity contribution < 1.29 is 63.9 Å². The summed E-state index contributed by atoms with van der Waals surface area (Å²) < 4.78 is 38.5. The smallest absolute Gasteiger partial charge is 0.308 e. The Morgan fingerprint density at radius 1 is 0.719 bits per heavy atom. The molecule has 22 atom stereocenters. The van der Waals surface area contributed by atoms with Gasteiger partial charge in [-0.15, -0.1) is 0 Å². The second-order valence-corrected chi connectivity index (χ2v) is 19.6. The van der Waals surface area contributed by atoms with Crippen molar-refractivity contribution in [2.45, 2.75) is 230 Å². The zero-order valence-corrected chi connectivity index (χ0v) is 35.8. The maximum absolute atomic E-state index is 12.2. The zero-order chi connectivity index (χ0) is 41.6. The molecule has 0 unspecified atom stereocenters. The van der Waals surface area contributed by atoms with Crippen molar-refractivity contribution in [2.24, 2.45) is 41.4 Å². The Bertz CT molecular complexity index is 1320. The average molecular weight is 813 g/mol. The van der Waals surface area contributed by atoms with E-state index in [1.54, 1.807) is 6.92 Å². The molecule has 13 nitrogen and oxygen atoms in total. The highest BCUT2D eigenvalue weighted by Gasteiger charge is 2.59. The van der Waals surface area contributed by atoms with Crippen LogP contribution in [0.5, 0.6) is 0 Å². The fourth-order valence-electron chi connectivity index (χ4n) is 11.2. The minimum Gasteiger partial charge on any atom is -0.481 e. The topological polar surface area (TPSA) is 194 Å². The van der Waals surface area contributed by atoms with Crippen LogP contribution >= 0.6 is 0 Å². The number of aliphatic hydroxyl groups excluding tert-OH is 3. The highest BCUT2D eigenvalue weighted by atomic mass is 16.7. The van der Waals surface area contributed by atoms with Crippen LogP contribution in [0.1, 0.15) is 139 Å². The fourth-order valence-corrected chi connectivity index (χ4v) is 11.2. The lowest BCUT2D eigenvalue weighted by Crippen LogP contribution is -2.61. The lowest BCUT2D eigenvalue weighted by Gasteiger charge is -2.50. The molecule has 6 saturated heterocycles. The van der Waals surface area contributed by atoms with Gasteiger partial charge in [0.05, 0.1) is 73.1 Å². The van der Waals surface area contributed by atoms with E-state index in [0.717, 1.165) is 25.7 Å². The number of hydrogen-bond donors (Lipinski definition) is 6. The van der Waals surface area contributed by atoms with Crippen molar-refractivity contribution in [2.75, 3.05) is 0 Å². The first kappa shape index (κ1) is 45.6. The first-order chi connectivity index (χ1) is 26.9. The molecule has 0 bridgehead atoms. The SMILES string of the molecule is CC[C@@H]1O[C@@H]([C@@H]2C[C@@H](C)[C@](O)([C@@H]3CC[C@@H]([C@@H](O)[C@]4(O)O[C@H](C[C@H]5O[C@@H]([C@@H](C)[C@H](O)C[C@H]6CC[C@H](C)[C@@H]([C@@H](C)C(=O)O)O6)CC[C@@H]5C)[C@@H](C)C[C@H]4C)O3)O2)CC[C@H]1O. The average Bonchev–Trinajstić information content (AvgIpc) is 3.80. The molecule has 0 saturated carbocycles.